The minimum Gasteiger partial charge on any atom is -0.497 e. The molecule has 0 aliphatic heterocycles. The van der Waals surface area contributed by atoms with Crippen LogP contribution < -0.4 is 10.1 Å². The third kappa shape index (κ3) is 4.10. The van der Waals surface area contributed by atoms with Crippen LogP contribution in [0.4, 0.5) is 5.13 Å². The summed E-state index contributed by atoms with van der Waals surface area (Å²) in [4.78, 5) is 18.1. The van der Waals surface area contributed by atoms with E-state index < -0.39 is 0 Å². The molecule has 1 heterocycles. The summed E-state index contributed by atoms with van der Waals surface area (Å²) in [7, 11) is 1.65. The zero-order valence-corrected chi connectivity index (χ0v) is 14.4. The number of hydrogen-bond donors (Lipinski definition) is 1. The van der Waals surface area contributed by atoms with E-state index in [0.717, 1.165) is 35.2 Å². The average Bonchev–Trinajstić information content (AvgIpc) is 2.94. The van der Waals surface area contributed by atoms with Gasteiger partial charge in [0.1, 0.15) is 5.75 Å². The van der Waals surface area contributed by atoms with Gasteiger partial charge in [-0.3, -0.25) is 4.79 Å². The number of thiazole rings is 1. The van der Waals surface area contributed by atoms with Crippen molar-refractivity contribution in [2.75, 3.05) is 12.4 Å². The molecule has 0 radical (unpaired) electrons. The summed E-state index contributed by atoms with van der Waals surface area (Å²) in [5, 5.41) is 3.70. The molecule has 0 bridgehead atoms. The Balaban J connectivity index is 1.55. The predicted molar refractivity (Wildman–Crippen MR) is 93.2 cm³/mol. The van der Waals surface area contributed by atoms with Crippen LogP contribution in [0.25, 0.3) is 0 Å². The fraction of sp³-hybridized carbons (Fsp3) is 0.444. The van der Waals surface area contributed by atoms with E-state index in [1.807, 2.05) is 24.3 Å². The molecule has 0 spiro atoms. The van der Waals surface area contributed by atoms with Gasteiger partial charge in [0.25, 0.3) is 0 Å². The number of ether oxygens (including phenoxy) is 1. The van der Waals surface area contributed by atoms with Crippen LogP contribution >= 0.6 is 11.3 Å². The third-order valence-electron chi connectivity index (χ3n) is 4.21. The van der Waals surface area contributed by atoms with Crippen LogP contribution in [0.3, 0.4) is 0 Å². The van der Waals surface area contributed by atoms with Gasteiger partial charge in [-0.25, -0.2) is 4.98 Å². The number of benzene rings is 1. The molecule has 5 heteroatoms. The van der Waals surface area contributed by atoms with E-state index >= 15 is 0 Å². The van der Waals surface area contributed by atoms with Gasteiger partial charge in [-0.15, -0.1) is 11.3 Å². The number of methoxy groups -OCH3 is 1. The molecule has 0 fully saturated rings. The van der Waals surface area contributed by atoms with Crippen molar-refractivity contribution in [1.29, 1.82) is 0 Å². The smallest absolute Gasteiger partial charge is 0.226 e. The molecule has 1 atom stereocenters. The number of aromatic nitrogens is 1. The van der Waals surface area contributed by atoms with Crippen molar-refractivity contribution in [3.8, 4) is 5.75 Å². The molecule has 122 valence electrons. The van der Waals surface area contributed by atoms with Gasteiger partial charge in [-0.2, -0.15) is 0 Å². The maximum Gasteiger partial charge on any atom is 0.226 e. The molecular weight excluding hydrogens is 308 g/mol. The Morgan fingerprint density at radius 1 is 1.48 bits per heavy atom. The highest BCUT2D eigenvalue weighted by Gasteiger charge is 2.20. The molecule has 1 aliphatic carbocycles. The van der Waals surface area contributed by atoms with Crippen LogP contribution in [0.15, 0.2) is 24.3 Å². The van der Waals surface area contributed by atoms with Crippen LogP contribution in [0.1, 0.15) is 35.9 Å². The van der Waals surface area contributed by atoms with Gasteiger partial charge in [0.05, 0.1) is 12.8 Å². The number of amides is 1. The second-order valence-corrected chi connectivity index (χ2v) is 7.22. The van der Waals surface area contributed by atoms with Crippen molar-refractivity contribution in [2.24, 2.45) is 5.92 Å². The lowest BCUT2D eigenvalue weighted by molar-refractivity contribution is -0.116. The van der Waals surface area contributed by atoms with Gasteiger partial charge < -0.3 is 10.1 Å². The fourth-order valence-electron chi connectivity index (χ4n) is 2.86. The normalized spacial score (nSPS) is 16.7. The van der Waals surface area contributed by atoms with Gasteiger partial charge >= 0.3 is 0 Å². The SMILES string of the molecule is COc1cccc(CCC(=O)Nc2nc3c(s2)CC(C)CC3)c1. The molecule has 2 aromatic rings. The van der Waals surface area contributed by atoms with Gasteiger partial charge in [0.15, 0.2) is 5.13 Å². The van der Waals surface area contributed by atoms with E-state index in [1.165, 1.54) is 17.0 Å². The van der Waals surface area contributed by atoms with Gasteiger partial charge in [0.2, 0.25) is 5.91 Å². The average molecular weight is 330 g/mol. The first-order valence-electron chi connectivity index (χ1n) is 8.05. The minimum atomic E-state index is 0.0203. The number of hydrogen-bond acceptors (Lipinski definition) is 4. The molecule has 1 amide bonds. The lowest BCUT2D eigenvalue weighted by Gasteiger charge is -2.15. The van der Waals surface area contributed by atoms with Gasteiger partial charge in [0, 0.05) is 11.3 Å². The first-order chi connectivity index (χ1) is 11.1. The number of fused-ring (bicyclic) bond motifs is 1. The number of rotatable bonds is 5. The number of nitrogens with one attached hydrogen (secondary N) is 1. The topological polar surface area (TPSA) is 51.2 Å². The zero-order chi connectivity index (χ0) is 16.2. The van der Waals surface area contributed by atoms with E-state index in [9.17, 15) is 4.79 Å². The molecule has 1 N–H and O–H groups in total. The van der Waals surface area contributed by atoms with Crippen molar-refractivity contribution in [3.05, 3.63) is 40.4 Å². The Labute approximate surface area is 140 Å². The maximum absolute atomic E-state index is 12.1. The second kappa shape index (κ2) is 7.13. The maximum atomic E-state index is 12.1. The molecule has 1 aromatic heterocycles. The summed E-state index contributed by atoms with van der Waals surface area (Å²) in [6.07, 6.45) is 4.47. The van der Waals surface area contributed by atoms with E-state index in [0.29, 0.717) is 12.8 Å². The standard InChI is InChI=1S/C18H22N2O2S/c1-12-6-8-15-16(10-12)23-18(19-15)20-17(21)9-7-13-4-3-5-14(11-13)22-2/h3-5,11-12H,6-10H2,1-2H3,(H,19,20,21). The highest BCUT2D eigenvalue weighted by molar-refractivity contribution is 7.15. The Morgan fingerprint density at radius 2 is 2.35 bits per heavy atom. The molecule has 1 aliphatic rings. The van der Waals surface area contributed by atoms with Crippen LogP contribution in [0.2, 0.25) is 0 Å². The van der Waals surface area contributed by atoms with E-state index in [4.69, 9.17) is 4.74 Å². The monoisotopic (exact) mass is 330 g/mol. The number of carbonyl (C=O) groups is 1. The van der Waals surface area contributed by atoms with Gasteiger partial charge in [-0.1, -0.05) is 19.1 Å². The molecule has 1 unspecified atom stereocenters. The third-order valence-corrected chi connectivity index (χ3v) is 5.24. The Bertz CT molecular complexity index is 696. The predicted octanol–water partition coefficient (Wildman–Crippen LogP) is 3.85. The highest BCUT2D eigenvalue weighted by Crippen LogP contribution is 2.32. The molecule has 4 nitrogen and oxygen atoms in total. The molecule has 3 rings (SSSR count). The zero-order valence-electron chi connectivity index (χ0n) is 13.6. The van der Waals surface area contributed by atoms with Crippen molar-refractivity contribution in [1.82, 2.24) is 4.98 Å². The summed E-state index contributed by atoms with van der Waals surface area (Å²) in [6, 6.07) is 7.84. The Kier molecular flexibility index (Phi) is 4.96. The molecule has 0 saturated carbocycles. The molecule has 0 saturated heterocycles. The largest absolute Gasteiger partial charge is 0.497 e. The lowest BCUT2D eigenvalue weighted by atomic mass is 9.93. The van der Waals surface area contributed by atoms with Crippen molar-refractivity contribution in [3.63, 3.8) is 0 Å². The molecule has 23 heavy (non-hydrogen) atoms. The highest BCUT2D eigenvalue weighted by atomic mass is 32.1. The summed E-state index contributed by atoms with van der Waals surface area (Å²) >= 11 is 1.63. The number of aryl methyl sites for hydroxylation is 2. The van der Waals surface area contributed by atoms with E-state index in [-0.39, 0.29) is 5.91 Å². The number of nitrogens with zero attached hydrogens (tertiary/aromatic N) is 1. The summed E-state index contributed by atoms with van der Waals surface area (Å²) in [6.45, 7) is 2.27. The lowest BCUT2D eigenvalue weighted by Crippen LogP contribution is -2.12. The number of anilines is 1. The Morgan fingerprint density at radius 3 is 3.17 bits per heavy atom. The quantitative estimate of drug-likeness (QED) is 0.906. The number of carbonyl (C=O) groups excluding carboxylic acids is 1. The van der Waals surface area contributed by atoms with Gasteiger partial charge in [-0.05, 0) is 49.3 Å². The fourth-order valence-corrected chi connectivity index (χ4v) is 4.05. The van der Waals surface area contributed by atoms with Crippen molar-refractivity contribution in [2.45, 2.75) is 39.0 Å². The summed E-state index contributed by atoms with van der Waals surface area (Å²) in [5.41, 5.74) is 2.28. The van der Waals surface area contributed by atoms with Crippen LogP contribution in [0.5, 0.6) is 5.75 Å². The van der Waals surface area contributed by atoms with Crippen LogP contribution in [0, 0.1) is 5.92 Å². The molecule has 1 aromatic carbocycles. The van der Waals surface area contributed by atoms with E-state index in [2.05, 4.69) is 17.2 Å². The summed E-state index contributed by atoms with van der Waals surface area (Å²) < 4.78 is 5.20. The van der Waals surface area contributed by atoms with Crippen LogP contribution in [-0.4, -0.2) is 18.0 Å². The van der Waals surface area contributed by atoms with Crippen molar-refractivity contribution >= 4 is 22.4 Å². The van der Waals surface area contributed by atoms with Crippen molar-refractivity contribution < 1.29 is 9.53 Å². The first-order valence-corrected chi connectivity index (χ1v) is 8.87. The summed E-state index contributed by atoms with van der Waals surface area (Å²) in [5.74, 6) is 1.57. The minimum absolute atomic E-state index is 0.0203. The first kappa shape index (κ1) is 16.0. The Hall–Kier alpha value is -1.88. The molecular formula is C18H22N2O2S. The van der Waals surface area contributed by atoms with Crippen LogP contribution in [-0.2, 0) is 24.1 Å². The van der Waals surface area contributed by atoms with E-state index in [1.54, 1.807) is 18.4 Å². The second-order valence-electron chi connectivity index (χ2n) is 6.14.